The number of amides is 2. The van der Waals surface area contributed by atoms with Crippen molar-refractivity contribution in [1.29, 1.82) is 0 Å². The quantitative estimate of drug-likeness (QED) is 0.661. The van der Waals surface area contributed by atoms with Crippen molar-refractivity contribution in [2.24, 2.45) is 11.8 Å². The molecule has 3 rings (SSSR count). The van der Waals surface area contributed by atoms with Gasteiger partial charge in [-0.15, -0.1) is 0 Å². The van der Waals surface area contributed by atoms with Crippen LogP contribution in [0.5, 0.6) is 0 Å². The monoisotopic (exact) mass is 344 g/mol. The van der Waals surface area contributed by atoms with Crippen molar-refractivity contribution in [3.63, 3.8) is 0 Å². The van der Waals surface area contributed by atoms with Crippen molar-refractivity contribution >= 4 is 11.8 Å². The van der Waals surface area contributed by atoms with Gasteiger partial charge in [-0.05, 0) is 70.6 Å². The van der Waals surface area contributed by atoms with Crippen molar-refractivity contribution in [3.8, 4) is 0 Å². The van der Waals surface area contributed by atoms with Crippen molar-refractivity contribution in [2.75, 3.05) is 13.1 Å². The maximum atomic E-state index is 12.2. The fourth-order valence-corrected chi connectivity index (χ4v) is 3.99. The molecule has 3 aliphatic rings. The van der Waals surface area contributed by atoms with Crippen LogP contribution in [0.1, 0.15) is 70.6 Å². The first-order valence-electron chi connectivity index (χ1n) is 10.2. The van der Waals surface area contributed by atoms with Crippen LogP contribution in [-0.4, -0.2) is 24.9 Å². The second-order valence-corrected chi connectivity index (χ2v) is 7.75. The van der Waals surface area contributed by atoms with Crippen LogP contribution in [0.4, 0.5) is 0 Å². The average Bonchev–Trinajstić information content (AvgIpc) is 3.44. The van der Waals surface area contributed by atoms with Gasteiger partial charge in [-0.2, -0.15) is 0 Å². The van der Waals surface area contributed by atoms with E-state index in [4.69, 9.17) is 0 Å². The zero-order valence-electron chi connectivity index (χ0n) is 15.3. The summed E-state index contributed by atoms with van der Waals surface area (Å²) >= 11 is 0. The van der Waals surface area contributed by atoms with Crippen LogP contribution in [0.3, 0.4) is 0 Å². The summed E-state index contributed by atoms with van der Waals surface area (Å²) < 4.78 is 0. The highest BCUT2D eigenvalue weighted by molar-refractivity contribution is 5.92. The largest absolute Gasteiger partial charge is 0.356 e. The minimum absolute atomic E-state index is 0.0616. The Kier molecular flexibility index (Phi) is 6.71. The molecule has 1 fully saturated rings. The van der Waals surface area contributed by atoms with Crippen LogP contribution < -0.4 is 10.6 Å². The lowest BCUT2D eigenvalue weighted by atomic mass is 9.97. The molecule has 25 heavy (non-hydrogen) atoms. The van der Waals surface area contributed by atoms with E-state index in [2.05, 4.69) is 22.8 Å². The Morgan fingerprint density at radius 3 is 1.68 bits per heavy atom. The standard InChI is InChI=1S/C21H32N2O2/c24-20(22-13-11-16-7-3-1-4-8-16)18-15-19(18)21(25)23-14-12-17-9-5-2-6-10-17/h7,9,18-19H,1-6,8,10-15H2,(H,22,24)(H,23,25). The summed E-state index contributed by atoms with van der Waals surface area (Å²) in [7, 11) is 0. The number of rotatable bonds is 8. The van der Waals surface area contributed by atoms with Gasteiger partial charge < -0.3 is 10.6 Å². The Labute approximate surface area is 151 Å². The third-order valence-corrected chi connectivity index (χ3v) is 5.72. The Hall–Kier alpha value is -1.58. The van der Waals surface area contributed by atoms with Crippen LogP contribution in [0.2, 0.25) is 0 Å². The summed E-state index contributed by atoms with van der Waals surface area (Å²) in [6.07, 6.45) is 17.2. The Morgan fingerprint density at radius 2 is 1.28 bits per heavy atom. The smallest absolute Gasteiger partial charge is 0.223 e. The van der Waals surface area contributed by atoms with E-state index in [0.717, 1.165) is 12.8 Å². The molecule has 0 saturated heterocycles. The van der Waals surface area contributed by atoms with Crippen molar-refractivity contribution < 1.29 is 9.59 Å². The molecule has 0 heterocycles. The highest BCUT2D eigenvalue weighted by Gasteiger charge is 2.47. The lowest BCUT2D eigenvalue weighted by molar-refractivity contribution is -0.127. The molecule has 0 aliphatic heterocycles. The topological polar surface area (TPSA) is 58.2 Å². The Morgan fingerprint density at radius 1 is 0.800 bits per heavy atom. The van der Waals surface area contributed by atoms with Gasteiger partial charge in [-0.3, -0.25) is 9.59 Å². The summed E-state index contributed by atoms with van der Waals surface area (Å²) in [5.74, 6) is -0.0819. The highest BCUT2D eigenvalue weighted by atomic mass is 16.2. The first kappa shape index (κ1) is 18.2. The number of nitrogens with one attached hydrogen (secondary N) is 2. The zero-order chi connectivity index (χ0) is 17.5. The van der Waals surface area contributed by atoms with E-state index in [1.54, 1.807) is 0 Å². The minimum atomic E-state index is -0.103. The molecular formula is C21H32N2O2. The normalized spacial score (nSPS) is 25.6. The van der Waals surface area contributed by atoms with E-state index in [9.17, 15) is 9.59 Å². The molecule has 2 N–H and O–H groups in total. The fourth-order valence-electron chi connectivity index (χ4n) is 3.99. The van der Waals surface area contributed by atoms with Gasteiger partial charge in [0.25, 0.3) is 0 Å². The van der Waals surface area contributed by atoms with E-state index in [1.807, 2.05) is 0 Å². The first-order chi connectivity index (χ1) is 12.2. The van der Waals surface area contributed by atoms with Crippen LogP contribution in [0.25, 0.3) is 0 Å². The van der Waals surface area contributed by atoms with Crippen LogP contribution >= 0.6 is 0 Å². The van der Waals surface area contributed by atoms with Crippen LogP contribution in [-0.2, 0) is 9.59 Å². The lowest BCUT2D eigenvalue weighted by Crippen LogP contribution is -2.31. The summed E-state index contributed by atoms with van der Waals surface area (Å²) in [4.78, 5) is 24.3. The van der Waals surface area contributed by atoms with Gasteiger partial charge in [0.15, 0.2) is 0 Å². The summed E-state index contributed by atoms with van der Waals surface area (Å²) in [6, 6.07) is 0. The number of allylic oxidation sites excluding steroid dienone is 2. The number of hydrogen-bond acceptors (Lipinski definition) is 2. The molecular weight excluding hydrogens is 312 g/mol. The van der Waals surface area contributed by atoms with Gasteiger partial charge in [0.05, 0.1) is 11.8 Å². The van der Waals surface area contributed by atoms with Gasteiger partial charge in [-0.1, -0.05) is 23.3 Å². The number of carbonyl (C=O) groups is 2. The molecule has 2 amide bonds. The second-order valence-electron chi connectivity index (χ2n) is 7.75. The fraction of sp³-hybridized carbons (Fsp3) is 0.714. The third-order valence-electron chi connectivity index (χ3n) is 5.72. The molecule has 4 nitrogen and oxygen atoms in total. The van der Waals surface area contributed by atoms with Crippen LogP contribution in [0, 0.1) is 11.8 Å². The molecule has 0 aromatic carbocycles. The molecule has 0 aromatic rings. The summed E-state index contributed by atoms with van der Waals surface area (Å²) in [5.41, 5.74) is 2.96. The summed E-state index contributed by atoms with van der Waals surface area (Å²) in [6.45, 7) is 1.42. The Balaban J connectivity index is 1.28. The average molecular weight is 344 g/mol. The zero-order valence-corrected chi connectivity index (χ0v) is 15.3. The third kappa shape index (κ3) is 5.72. The molecule has 2 unspecified atom stereocenters. The van der Waals surface area contributed by atoms with Gasteiger partial charge in [0, 0.05) is 13.1 Å². The molecule has 0 bridgehead atoms. The van der Waals surface area contributed by atoms with Crippen molar-refractivity contribution in [3.05, 3.63) is 23.3 Å². The molecule has 3 aliphatic carbocycles. The molecule has 4 heteroatoms. The molecule has 0 radical (unpaired) electrons. The van der Waals surface area contributed by atoms with Gasteiger partial charge >= 0.3 is 0 Å². The number of carbonyl (C=O) groups excluding carboxylic acids is 2. The van der Waals surface area contributed by atoms with Gasteiger partial charge in [0.2, 0.25) is 11.8 Å². The van der Waals surface area contributed by atoms with Crippen molar-refractivity contribution in [1.82, 2.24) is 10.6 Å². The Bertz CT molecular complexity index is 502. The van der Waals surface area contributed by atoms with E-state index in [-0.39, 0.29) is 23.7 Å². The second kappa shape index (κ2) is 9.21. The first-order valence-corrected chi connectivity index (χ1v) is 10.2. The summed E-state index contributed by atoms with van der Waals surface area (Å²) in [5, 5.41) is 6.03. The van der Waals surface area contributed by atoms with Crippen LogP contribution in [0.15, 0.2) is 23.3 Å². The predicted octanol–water partition coefficient (Wildman–Crippen LogP) is 3.64. The molecule has 1 saturated carbocycles. The predicted molar refractivity (Wildman–Crippen MR) is 100.0 cm³/mol. The van der Waals surface area contributed by atoms with Gasteiger partial charge in [-0.25, -0.2) is 0 Å². The maximum Gasteiger partial charge on any atom is 0.223 e. The van der Waals surface area contributed by atoms with E-state index in [0.29, 0.717) is 19.5 Å². The minimum Gasteiger partial charge on any atom is -0.356 e. The highest BCUT2D eigenvalue weighted by Crippen LogP contribution is 2.38. The van der Waals surface area contributed by atoms with Gasteiger partial charge in [0.1, 0.15) is 0 Å². The van der Waals surface area contributed by atoms with E-state index in [1.165, 1.54) is 62.5 Å². The molecule has 0 spiro atoms. The van der Waals surface area contributed by atoms with E-state index >= 15 is 0 Å². The van der Waals surface area contributed by atoms with Crippen molar-refractivity contribution in [2.45, 2.75) is 70.6 Å². The molecule has 2 atom stereocenters. The maximum absolute atomic E-state index is 12.2. The number of hydrogen-bond donors (Lipinski definition) is 2. The molecule has 0 aromatic heterocycles. The lowest BCUT2D eigenvalue weighted by Gasteiger charge is -2.13. The van der Waals surface area contributed by atoms with E-state index < -0.39 is 0 Å². The molecule has 138 valence electrons. The SMILES string of the molecule is O=C(NCCC1=CCCCC1)C1CC1C(=O)NCCC1=CCCCC1.